The zero-order valence-corrected chi connectivity index (χ0v) is 10.7. The van der Waals surface area contributed by atoms with Gasteiger partial charge in [0.25, 0.3) is 0 Å². The quantitative estimate of drug-likeness (QED) is 0.814. The van der Waals surface area contributed by atoms with Crippen LogP contribution < -0.4 is 5.32 Å². The third-order valence-corrected chi connectivity index (χ3v) is 3.39. The Bertz CT molecular complexity index is 544. The Hall–Kier alpha value is -1.35. The van der Waals surface area contributed by atoms with Crippen LogP contribution in [0.4, 0.5) is 0 Å². The van der Waals surface area contributed by atoms with E-state index < -0.39 is 0 Å². The number of hydrogen-bond acceptors (Lipinski definition) is 2. The van der Waals surface area contributed by atoms with Crippen LogP contribution in [0.25, 0.3) is 11.0 Å². The molecule has 1 aliphatic rings. The Morgan fingerprint density at radius 2 is 1.94 bits per heavy atom. The van der Waals surface area contributed by atoms with E-state index in [1.54, 1.807) is 0 Å². The fraction of sp³-hybridized carbons (Fsp3) is 0.500. The van der Waals surface area contributed by atoms with Gasteiger partial charge < -0.3 is 9.88 Å². The summed E-state index contributed by atoms with van der Waals surface area (Å²) in [4.78, 5) is 4.82. The highest BCUT2D eigenvalue weighted by Gasteiger charge is 2.29. The fourth-order valence-electron chi connectivity index (χ4n) is 2.40. The zero-order chi connectivity index (χ0) is 12.0. The van der Waals surface area contributed by atoms with Gasteiger partial charge in [-0.05, 0) is 12.1 Å². The van der Waals surface area contributed by atoms with Crippen LogP contribution in [0.1, 0.15) is 32.6 Å². The molecule has 17 heavy (non-hydrogen) atoms. The number of benzene rings is 1. The first-order valence-electron chi connectivity index (χ1n) is 6.25. The maximum absolute atomic E-state index is 4.82. The Labute approximate surface area is 102 Å². The number of para-hydroxylation sites is 2. The number of nitrogens with one attached hydrogen (secondary N) is 1. The molecule has 0 saturated carbocycles. The number of fused-ring (bicyclic) bond motifs is 1. The smallest absolute Gasteiger partial charge is 0.115 e. The third kappa shape index (κ3) is 1.65. The van der Waals surface area contributed by atoms with E-state index in [0.717, 1.165) is 18.6 Å². The summed E-state index contributed by atoms with van der Waals surface area (Å²) in [7, 11) is 0. The van der Waals surface area contributed by atoms with Gasteiger partial charge in [0.15, 0.2) is 0 Å². The molecule has 3 nitrogen and oxygen atoms in total. The topological polar surface area (TPSA) is 29.9 Å². The summed E-state index contributed by atoms with van der Waals surface area (Å²) in [5.41, 5.74) is 2.47. The molecule has 0 bridgehead atoms. The molecule has 0 unspecified atom stereocenters. The van der Waals surface area contributed by atoms with Gasteiger partial charge in [0.1, 0.15) is 5.82 Å². The number of imidazole rings is 1. The number of hydrogen-bond donors (Lipinski definition) is 1. The molecule has 0 atom stereocenters. The molecule has 0 spiro atoms. The molecule has 1 N–H and O–H groups in total. The Kier molecular flexibility index (Phi) is 2.26. The number of rotatable bonds is 1. The molecule has 3 heteroatoms. The maximum Gasteiger partial charge on any atom is 0.115 e. The third-order valence-electron chi connectivity index (χ3n) is 3.39. The maximum atomic E-state index is 4.82. The second kappa shape index (κ2) is 3.57. The van der Waals surface area contributed by atoms with E-state index >= 15 is 0 Å². The van der Waals surface area contributed by atoms with Gasteiger partial charge in [-0.25, -0.2) is 4.98 Å². The fourth-order valence-corrected chi connectivity index (χ4v) is 2.40. The minimum atomic E-state index is 0.0919. The van der Waals surface area contributed by atoms with Crippen molar-refractivity contribution >= 4 is 11.0 Å². The van der Waals surface area contributed by atoms with Crippen molar-refractivity contribution in [1.29, 1.82) is 0 Å². The molecule has 1 aliphatic heterocycles. The predicted molar refractivity (Wildman–Crippen MR) is 70.3 cm³/mol. The van der Waals surface area contributed by atoms with E-state index in [1.165, 1.54) is 11.3 Å². The van der Waals surface area contributed by atoms with Gasteiger partial charge in [-0.1, -0.05) is 32.9 Å². The van der Waals surface area contributed by atoms with Crippen molar-refractivity contribution in [2.75, 3.05) is 13.1 Å². The van der Waals surface area contributed by atoms with Crippen LogP contribution >= 0.6 is 0 Å². The minimum Gasteiger partial charge on any atom is -0.322 e. The molecule has 1 fully saturated rings. The van der Waals surface area contributed by atoms with E-state index in [9.17, 15) is 0 Å². The molecular formula is C14H19N3. The van der Waals surface area contributed by atoms with Crippen LogP contribution in [0, 0.1) is 0 Å². The summed E-state index contributed by atoms with van der Waals surface area (Å²) in [6.45, 7) is 8.82. The lowest BCUT2D eigenvalue weighted by Gasteiger charge is -2.33. The number of aromatic nitrogens is 2. The van der Waals surface area contributed by atoms with Crippen LogP contribution in [-0.4, -0.2) is 22.6 Å². The summed E-state index contributed by atoms with van der Waals surface area (Å²) in [5, 5.41) is 3.34. The SMILES string of the molecule is CC(C)(C)c1nc2ccccc2n1C1CNC1. The molecule has 1 saturated heterocycles. The molecule has 0 radical (unpaired) electrons. The lowest BCUT2D eigenvalue weighted by atomic mass is 9.95. The highest BCUT2D eigenvalue weighted by molar-refractivity contribution is 5.76. The van der Waals surface area contributed by atoms with E-state index in [-0.39, 0.29) is 5.41 Å². The second-order valence-corrected chi connectivity index (χ2v) is 5.86. The summed E-state index contributed by atoms with van der Waals surface area (Å²) in [6, 6.07) is 9.00. The zero-order valence-electron chi connectivity index (χ0n) is 10.7. The van der Waals surface area contributed by atoms with Gasteiger partial charge in [-0.3, -0.25) is 0 Å². The molecule has 2 heterocycles. The first-order chi connectivity index (χ1) is 8.07. The summed E-state index contributed by atoms with van der Waals surface area (Å²) in [5.74, 6) is 1.20. The van der Waals surface area contributed by atoms with Crippen molar-refractivity contribution in [3.05, 3.63) is 30.1 Å². The normalized spacial score (nSPS) is 17.4. The highest BCUT2D eigenvalue weighted by Crippen LogP contribution is 2.30. The largest absolute Gasteiger partial charge is 0.322 e. The summed E-state index contributed by atoms with van der Waals surface area (Å²) < 4.78 is 2.42. The van der Waals surface area contributed by atoms with Gasteiger partial charge in [-0.2, -0.15) is 0 Å². The van der Waals surface area contributed by atoms with Crippen molar-refractivity contribution in [1.82, 2.24) is 14.9 Å². The van der Waals surface area contributed by atoms with Crippen LogP contribution in [-0.2, 0) is 5.41 Å². The molecule has 3 rings (SSSR count). The van der Waals surface area contributed by atoms with Crippen molar-refractivity contribution in [2.45, 2.75) is 32.2 Å². The van der Waals surface area contributed by atoms with Crippen molar-refractivity contribution < 1.29 is 0 Å². The first kappa shape index (κ1) is 10.8. The van der Waals surface area contributed by atoms with E-state index in [1.807, 2.05) is 0 Å². The molecule has 1 aromatic carbocycles. The van der Waals surface area contributed by atoms with Gasteiger partial charge in [0, 0.05) is 18.5 Å². The molecule has 0 aliphatic carbocycles. The second-order valence-electron chi connectivity index (χ2n) is 5.86. The van der Waals surface area contributed by atoms with E-state index in [2.05, 4.69) is 54.9 Å². The first-order valence-corrected chi connectivity index (χ1v) is 6.25. The lowest BCUT2D eigenvalue weighted by Crippen LogP contribution is -2.44. The lowest BCUT2D eigenvalue weighted by molar-refractivity contribution is 0.327. The van der Waals surface area contributed by atoms with Crippen LogP contribution in [0.5, 0.6) is 0 Å². The van der Waals surface area contributed by atoms with Crippen molar-refractivity contribution in [3.8, 4) is 0 Å². The average molecular weight is 229 g/mol. The average Bonchev–Trinajstić information content (AvgIpc) is 2.55. The number of nitrogens with zero attached hydrogens (tertiary/aromatic N) is 2. The Morgan fingerprint density at radius 1 is 1.24 bits per heavy atom. The standard InChI is InChI=1S/C14H19N3/c1-14(2,3)13-16-11-6-4-5-7-12(11)17(13)10-8-15-9-10/h4-7,10,15H,8-9H2,1-3H3. The van der Waals surface area contributed by atoms with Crippen LogP contribution in [0.15, 0.2) is 24.3 Å². The van der Waals surface area contributed by atoms with Crippen LogP contribution in [0.3, 0.4) is 0 Å². The molecule has 1 aromatic heterocycles. The molecule has 2 aromatic rings. The van der Waals surface area contributed by atoms with Gasteiger partial charge in [0.2, 0.25) is 0 Å². The van der Waals surface area contributed by atoms with Crippen molar-refractivity contribution in [2.24, 2.45) is 0 Å². The molecule has 90 valence electrons. The molecular weight excluding hydrogens is 210 g/mol. The monoisotopic (exact) mass is 229 g/mol. The summed E-state index contributed by atoms with van der Waals surface area (Å²) >= 11 is 0. The molecule has 0 amide bonds. The Balaban J connectivity index is 2.25. The predicted octanol–water partition coefficient (Wildman–Crippen LogP) is 2.48. The Morgan fingerprint density at radius 3 is 2.53 bits per heavy atom. The van der Waals surface area contributed by atoms with Gasteiger partial charge in [0.05, 0.1) is 17.1 Å². The van der Waals surface area contributed by atoms with E-state index in [4.69, 9.17) is 4.98 Å². The van der Waals surface area contributed by atoms with Crippen molar-refractivity contribution in [3.63, 3.8) is 0 Å². The van der Waals surface area contributed by atoms with Gasteiger partial charge >= 0.3 is 0 Å². The van der Waals surface area contributed by atoms with Crippen LogP contribution in [0.2, 0.25) is 0 Å². The minimum absolute atomic E-state index is 0.0919. The summed E-state index contributed by atoms with van der Waals surface area (Å²) in [6.07, 6.45) is 0. The highest BCUT2D eigenvalue weighted by atomic mass is 15.2. The van der Waals surface area contributed by atoms with Gasteiger partial charge in [-0.15, -0.1) is 0 Å². The van der Waals surface area contributed by atoms with E-state index in [0.29, 0.717) is 6.04 Å².